The number of anilines is 1. The fraction of sp³-hybridized carbons (Fsp3) is 0.238. The molecule has 0 saturated heterocycles. The summed E-state index contributed by atoms with van der Waals surface area (Å²) in [7, 11) is 0. The van der Waals surface area contributed by atoms with Gasteiger partial charge in [-0.3, -0.25) is 9.59 Å². The topological polar surface area (TPSA) is 110 Å². The van der Waals surface area contributed by atoms with Crippen LogP contribution in [-0.4, -0.2) is 22.7 Å². The molecule has 0 fully saturated rings. The van der Waals surface area contributed by atoms with Crippen LogP contribution in [0, 0.1) is 13.8 Å². The van der Waals surface area contributed by atoms with Crippen molar-refractivity contribution in [2.75, 3.05) is 5.32 Å². The van der Waals surface area contributed by atoms with Crippen molar-refractivity contribution in [2.45, 2.75) is 33.1 Å². The summed E-state index contributed by atoms with van der Waals surface area (Å²) in [5.74, 6) is 1.08. The molecular formula is C21H19BrN4O4. The zero-order valence-electron chi connectivity index (χ0n) is 16.4. The van der Waals surface area contributed by atoms with Gasteiger partial charge in [-0.05, 0) is 54.8 Å². The highest BCUT2D eigenvalue weighted by molar-refractivity contribution is 9.10. The Morgan fingerprint density at radius 3 is 2.70 bits per heavy atom. The maximum atomic E-state index is 12.7. The summed E-state index contributed by atoms with van der Waals surface area (Å²) in [6.45, 7) is 3.55. The lowest BCUT2D eigenvalue weighted by atomic mass is 9.93. The van der Waals surface area contributed by atoms with Gasteiger partial charge in [-0.25, -0.2) is 5.43 Å². The second-order valence-corrected chi connectivity index (χ2v) is 7.82. The lowest BCUT2D eigenvalue weighted by Crippen LogP contribution is -2.22. The van der Waals surface area contributed by atoms with Crippen LogP contribution in [0.3, 0.4) is 0 Å². The van der Waals surface area contributed by atoms with E-state index in [-0.39, 0.29) is 11.7 Å². The Morgan fingerprint density at radius 2 is 1.97 bits per heavy atom. The molecule has 1 aliphatic rings. The van der Waals surface area contributed by atoms with Crippen LogP contribution in [0.2, 0.25) is 0 Å². The minimum atomic E-state index is -0.410. The van der Waals surface area contributed by atoms with Gasteiger partial charge in [0, 0.05) is 28.1 Å². The highest BCUT2D eigenvalue weighted by atomic mass is 79.9. The molecule has 1 aromatic carbocycles. The largest absolute Gasteiger partial charge is 0.455 e. The van der Waals surface area contributed by atoms with Crippen molar-refractivity contribution in [1.82, 2.24) is 10.6 Å². The van der Waals surface area contributed by atoms with E-state index in [1.54, 1.807) is 31.2 Å². The molecule has 0 bridgehead atoms. The van der Waals surface area contributed by atoms with Crippen LogP contribution in [0.15, 0.2) is 48.8 Å². The van der Waals surface area contributed by atoms with Crippen molar-refractivity contribution < 1.29 is 18.5 Å². The standard InChI is InChI=1S/C21H19BrN4O4/c1-11-10-17(26-30-11)23-21(28)19-12(2)18-15(8-5-9-16(18)29-19)24-25-20(27)13-6-3-4-7-14(13)22/h3-4,6-7,10H,5,8-9H2,1-2H3,(H,25,27)(H,23,26,28)/b24-15+. The molecule has 3 aromatic rings. The van der Waals surface area contributed by atoms with Crippen molar-refractivity contribution in [1.29, 1.82) is 0 Å². The molecule has 0 saturated carbocycles. The van der Waals surface area contributed by atoms with E-state index in [1.807, 2.05) is 13.0 Å². The minimum absolute atomic E-state index is 0.201. The smallest absolute Gasteiger partial charge is 0.292 e. The molecule has 0 radical (unpaired) electrons. The van der Waals surface area contributed by atoms with Gasteiger partial charge in [-0.2, -0.15) is 5.10 Å². The number of nitrogens with zero attached hydrogens (tertiary/aromatic N) is 2. The average molecular weight is 471 g/mol. The maximum Gasteiger partial charge on any atom is 0.292 e. The predicted molar refractivity (Wildman–Crippen MR) is 114 cm³/mol. The van der Waals surface area contributed by atoms with E-state index in [2.05, 4.69) is 36.9 Å². The Morgan fingerprint density at radius 1 is 1.17 bits per heavy atom. The summed E-state index contributed by atoms with van der Waals surface area (Å²) in [4.78, 5) is 25.1. The van der Waals surface area contributed by atoms with Crippen molar-refractivity contribution >= 4 is 39.3 Å². The Labute approximate surface area is 180 Å². The van der Waals surface area contributed by atoms with Gasteiger partial charge in [-0.15, -0.1) is 0 Å². The van der Waals surface area contributed by atoms with Gasteiger partial charge < -0.3 is 14.3 Å². The quantitative estimate of drug-likeness (QED) is 0.550. The van der Waals surface area contributed by atoms with E-state index in [1.165, 1.54) is 0 Å². The Hall–Kier alpha value is -3.20. The van der Waals surface area contributed by atoms with Crippen molar-refractivity contribution in [3.8, 4) is 0 Å². The molecule has 2 aromatic heterocycles. The van der Waals surface area contributed by atoms with Crippen LogP contribution < -0.4 is 10.7 Å². The van der Waals surface area contributed by atoms with E-state index in [0.29, 0.717) is 51.5 Å². The molecular weight excluding hydrogens is 452 g/mol. The number of hydrogen-bond donors (Lipinski definition) is 2. The van der Waals surface area contributed by atoms with Crippen molar-refractivity contribution in [2.24, 2.45) is 5.10 Å². The molecule has 30 heavy (non-hydrogen) atoms. The molecule has 154 valence electrons. The van der Waals surface area contributed by atoms with Crippen LogP contribution in [0.25, 0.3) is 0 Å². The van der Waals surface area contributed by atoms with Crippen LogP contribution in [0.5, 0.6) is 0 Å². The first-order valence-corrected chi connectivity index (χ1v) is 10.2. The number of halogens is 1. The molecule has 2 N–H and O–H groups in total. The third kappa shape index (κ3) is 3.93. The summed E-state index contributed by atoms with van der Waals surface area (Å²) in [5, 5.41) is 10.8. The zero-order valence-corrected chi connectivity index (χ0v) is 18.0. The first kappa shape index (κ1) is 20.1. The molecule has 8 nitrogen and oxygen atoms in total. The van der Waals surface area contributed by atoms with E-state index < -0.39 is 5.91 Å². The summed E-state index contributed by atoms with van der Waals surface area (Å²) in [6, 6.07) is 8.75. The van der Waals surface area contributed by atoms with E-state index in [9.17, 15) is 9.59 Å². The van der Waals surface area contributed by atoms with Crippen LogP contribution in [0.4, 0.5) is 5.82 Å². The molecule has 4 rings (SSSR count). The molecule has 0 aliphatic heterocycles. The molecule has 2 amide bonds. The highest BCUT2D eigenvalue weighted by Crippen LogP contribution is 2.30. The fourth-order valence-electron chi connectivity index (χ4n) is 3.42. The number of benzene rings is 1. The number of aryl methyl sites for hydroxylation is 2. The van der Waals surface area contributed by atoms with Crippen molar-refractivity contribution in [3.63, 3.8) is 0 Å². The SMILES string of the molecule is Cc1cc(NC(=O)c2oc3c(c2C)/C(=N/NC(=O)c2ccccc2Br)CCC3)no1. The highest BCUT2D eigenvalue weighted by Gasteiger charge is 2.28. The molecule has 1 aliphatic carbocycles. The van der Waals surface area contributed by atoms with Gasteiger partial charge in [0.1, 0.15) is 11.5 Å². The molecule has 0 spiro atoms. The number of nitrogens with one attached hydrogen (secondary N) is 2. The van der Waals surface area contributed by atoms with E-state index in [4.69, 9.17) is 8.94 Å². The third-order valence-electron chi connectivity index (χ3n) is 4.81. The van der Waals surface area contributed by atoms with Gasteiger partial charge in [0.2, 0.25) is 0 Å². The summed E-state index contributed by atoms with van der Waals surface area (Å²) in [6.07, 6.45) is 2.18. The summed E-state index contributed by atoms with van der Waals surface area (Å²) in [5.41, 5.74) is 5.24. The monoisotopic (exact) mass is 470 g/mol. The predicted octanol–water partition coefficient (Wildman–Crippen LogP) is 4.37. The molecule has 9 heteroatoms. The Balaban J connectivity index is 1.58. The number of amides is 2. The Kier molecular flexibility index (Phi) is 5.54. The fourth-order valence-corrected chi connectivity index (χ4v) is 3.88. The van der Waals surface area contributed by atoms with Gasteiger partial charge in [0.25, 0.3) is 11.8 Å². The van der Waals surface area contributed by atoms with Gasteiger partial charge in [-0.1, -0.05) is 17.3 Å². The molecule has 0 atom stereocenters. The van der Waals surface area contributed by atoms with Crippen LogP contribution >= 0.6 is 15.9 Å². The second kappa shape index (κ2) is 8.27. The molecule has 2 heterocycles. The number of carbonyl (C=O) groups excluding carboxylic acids is 2. The number of furan rings is 1. The first-order chi connectivity index (χ1) is 14.4. The average Bonchev–Trinajstić information content (AvgIpc) is 3.29. The second-order valence-electron chi connectivity index (χ2n) is 6.96. The van der Waals surface area contributed by atoms with Crippen LogP contribution in [0.1, 0.15) is 56.4 Å². The number of hydrogen-bond acceptors (Lipinski definition) is 6. The van der Waals surface area contributed by atoms with E-state index >= 15 is 0 Å². The zero-order chi connectivity index (χ0) is 21.3. The number of aromatic nitrogens is 1. The van der Waals surface area contributed by atoms with Gasteiger partial charge in [0.15, 0.2) is 11.6 Å². The minimum Gasteiger partial charge on any atom is -0.455 e. The first-order valence-electron chi connectivity index (χ1n) is 9.42. The lowest BCUT2D eigenvalue weighted by Gasteiger charge is -2.13. The number of carbonyl (C=O) groups is 2. The summed E-state index contributed by atoms with van der Waals surface area (Å²) < 4.78 is 11.5. The maximum absolute atomic E-state index is 12.7. The lowest BCUT2D eigenvalue weighted by molar-refractivity contribution is 0.0952. The van der Waals surface area contributed by atoms with Crippen LogP contribution in [-0.2, 0) is 6.42 Å². The third-order valence-corrected chi connectivity index (χ3v) is 5.50. The summed E-state index contributed by atoms with van der Waals surface area (Å²) >= 11 is 3.37. The molecule has 0 unspecified atom stereocenters. The van der Waals surface area contributed by atoms with Gasteiger partial charge >= 0.3 is 0 Å². The number of fused-ring (bicyclic) bond motifs is 1. The Bertz CT molecular complexity index is 1160. The van der Waals surface area contributed by atoms with Crippen molar-refractivity contribution in [3.05, 3.63) is 68.8 Å². The van der Waals surface area contributed by atoms with E-state index in [0.717, 1.165) is 12.0 Å². The number of hydrazone groups is 1. The van der Waals surface area contributed by atoms with Gasteiger partial charge in [0.05, 0.1) is 11.3 Å². The number of rotatable bonds is 4. The normalized spacial score (nSPS) is 14.4.